The van der Waals surface area contributed by atoms with E-state index in [2.05, 4.69) is 10.6 Å². The van der Waals surface area contributed by atoms with Crippen LogP contribution in [-0.2, 0) is 4.74 Å². The predicted octanol–water partition coefficient (Wildman–Crippen LogP) is 2.66. The van der Waals surface area contributed by atoms with Crippen LogP contribution >= 0.6 is 0 Å². The molecular weight excluding hydrogens is 336 g/mol. The van der Waals surface area contributed by atoms with Crippen LogP contribution in [-0.4, -0.2) is 50.8 Å². The number of ether oxygens (including phenoxy) is 1. The molecule has 138 valence electrons. The summed E-state index contributed by atoms with van der Waals surface area (Å²) >= 11 is 0. The predicted molar refractivity (Wildman–Crippen MR) is 97.3 cm³/mol. The number of carbonyl (C=O) groups is 2. The van der Waals surface area contributed by atoms with E-state index in [-0.39, 0.29) is 18.2 Å². The molecule has 1 aromatic carbocycles. The zero-order valence-corrected chi connectivity index (χ0v) is 14.8. The normalized spacial score (nSPS) is 15.0. The van der Waals surface area contributed by atoms with Gasteiger partial charge in [-0.2, -0.15) is 0 Å². The second kappa shape index (κ2) is 7.92. The fourth-order valence-electron chi connectivity index (χ4n) is 2.74. The van der Waals surface area contributed by atoms with Gasteiger partial charge in [-0.25, -0.2) is 9.59 Å². The molecule has 1 aliphatic rings. The highest BCUT2D eigenvalue weighted by Gasteiger charge is 2.23. The van der Waals surface area contributed by atoms with Crippen molar-refractivity contribution in [3.63, 3.8) is 0 Å². The summed E-state index contributed by atoms with van der Waals surface area (Å²) in [6.45, 7) is 1.33. The number of cyclic esters (lactones) is 1. The number of rotatable bonds is 6. The number of amides is 3. The highest BCUT2D eigenvalue weighted by atomic mass is 16.6. The van der Waals surface area contributed by atoms with Crippen molar-refractivity contribution in [3.05, 3.63) is 48.4 Å². The molecule has 2 N–H and O–H groups in total. The zero-order chi connectivity index (χ0) is 18.5. The maximum absolute atomic E-state index is 12.1. The molecule has 0 spiro atoms. The molecule has 1 aliphatic heterocycles. The molecule has 0 aliphatic carbocycles. The van der Waals surface area contributed by atoms with Crippen LogP contribution in [0.25, 0.3) is 0 Å². The maximum atomic E-state index is 12.1. The lowest BCUT2D eigenvalue weighted by Crippen LogP contribution is -2.36. The van der Waals surface area contributed by atoms with Gasteiger partial charge in [-0.15, -0.1) is 0 Å². The molecule has 0 radical (unpaired) electrons. The Morgan fingerprint density at radius 2 is 2.04 bits per heavy atom. The van der Waals surface area contributed by atoms with Gasteiger partial charge in [0.1, 0.15) is 12.4 Å². The Hall–Kier alpha value is -3.00. The molecular formula is C18H22N4O4. The van der Waals surface area contributed by atoms with Crippen LogP contribution in [0, 0.1) is 0 Å². The van der Waals surface area contributed by atoms with Crippen molar-refractivity contribution in [1.82, 2.24) is 10.2 Å². The molecule has 2 aromatic rings. The van der Waals surface area contributed by atoms with E-state index < -0.39 is 0 Å². The number of benzene rings is 1. The Morgan fingerprint density at radius 3 is 2.62 bits per heavy atom. The third-order valence-electron chi connectivity index (χ3n) is 4.15. The van der Waals surface area contributed by atoms with E-state index in [4.69, 9.17) is 9.15 Å². The lowest BCUT2D eigenvalue weighted by molar-refractivity contribution is 0.181. The number of hydrogen-bond acceptors (Lipinski definition) is 5. The average molecular weight is 358 g/mol. The van der Waals surface area contributed by atoms with Gasteiger partial charge in [0.05, 0.1) is 18.8 Å². The van der Waals surface area contributed by atoms with Crippen LogP contribution in [0.4, 0.5) is 21.0 Å². The van der Waals surface area contributed by atoms with Crippen molar-refractivity contribution < 1.29 is 18.7 Å². The van der Waals surface area contributed by atoms with Crippen LogP contribution in [0.15, 0.2) is 47.1 Å². The highest BCUT2D eigenvalue weighted by molar-refractivity contribution is 5.91. The molecule has 1 unspecified atom stereocenters. The van der Waals surface area contributed by atoms with Crippen LogP contribution in [0.1, 0.15) is 11.8 Å². The lowest BCUT2D eigenvalue weighted by Gasteiger charge is -2.22. The number of nitrogens with one attached hydrogen (secondary N) is 2. The van der Waals surface area contributed by atoms with Crippen LogP contribution < -0.4 is 15.5 Å². The number of urea groups is 1. The van der Waals surface area contributed by atoms with E-state index in [1.807, 2.05) is 31.1 Å². The van der Waals surface area contributed by atoms with Gasteiger partial charge in [0.2, 0.25) is 0 Å². The van der Waals surface area contributed by atoms with Gasteiger partial charge in [0.25, 0.3) is 0 Å². The van der Waals surface area contributed by atoms with Crippen molar-refractivity contribution >= 4 is 23.5 Å². The maximum Gasteiger partial charge on any atom is 0.414 e. The SMILES string of the molecule is CN(C)C(CNC(=O)Nc1ccc(N2CCOC2=O)cc1)c1ccco1. The highest BCUT2D eigenvalue weighted by Crippen LogP contribution is 2.21. The molecule has 3 rings (SSSR count). The molecule has 8 nitrogen and oxygen atoms in total. The van der Waals surface area contributed by atoms with Gasteiger partial charge in [-0.1, -0.05) is 0 Å². The van der Waals surface area contributed by atoms with Gasteiger partial charge in [-0.05, 0) is 50.5 Å². The quantitative estimate of drug-likeness (QED) is 0.829. The molecule has 1 aromatic heterocycles. The summed E-state index contributed by atoms with van der Waals surface area (Å²) in [5.41, 5.74) is 1.38. The van der Waals surface area contributed by atoms with Crippen molar-refractivity contribution in [2.75, 3.05) is 44.0 Å². The number of furan rings is 1. The summed E-state index contributed by atoms with van der Waals surface area (Å²) in [6, 6.07) is 10.4. The molecule has 8 heteroatoms. The number of likely N-dealkylation sites (N-methyl/N-ethyl adjacent to an activating group) is 1. The number of anilines is 2. The van der Waals surface area contributed by atoms with Crippen molar-refractivity contribution in [3.8, 4) is 0 Å². The minimum Gasteiger partial charge on any atom is -0.468 e. The van der Waals surface area contributed by atoms with Gasteiger partial charge >= 0.3 is 12.1 Å². The van der Waals surface area contributed by atoms with E-state index in [1.165, 1.54) is 0 Å². The Morgan fingerprint density at radius 1 is 1.27 bits per heavy atom. The smallest absolute Gasteiger partial charge is 0.414 e. The first kappa shape index (κ1) is 17.8. The molecule has 0 bridgehead atoms. The fraction of sp³-hybridized carbons (Fsp3) is 0.333. The molecule has 3 amide bonds. The van der Waals surface area contributed by atoms with Crippen LogP contribution in [0.3, 0.4) is 0 Å². The first-order chi connectivity index (χ1) is 12.5. The van der Waals surface area contributed by atoms with Crippen molar-refractivity contribution in [1.29, 1.82) is 0 Å². The van der Waals surface area contributed by atoms with E-state index in [9.17, 15) is 9.59 Å². The molecule has 1 atom stereocenters. The van der Waals surface area contributed by atoms with Crippen LogP contribution in [0.5, 0.6) is 0 Å². The van der Waals surface area contributed by atoms with E-state index in [1.54, 1.807) is 35.4 Å². The summed E-state index contributed by atoms with van der Waals surface area (Å²) in [7, 11) is 3.85. The second-order valence-corrected chi connectivity index (χ2v) is 6.14. The first-order valence-corrected chi connectivity index (χ1v) is 8.33. The first-order valence-electron chi connectivity index (χ1n) is 8.33. The lowest BCUT2D eigenvalue weighted by atomic mass is 10.2. The van der Waals surface area contributed by atoms with Crippen LogP contribution in [0.2, 0.25) is 0 Å². The third kappa shape index (κ3) is 4.15. The Kier molecular flexibility index (Phi) is 5.43. The number of nitrogens with zero attached hydrogens (tertiary/aromatic N) is 2. The standard InChI is InChI=1S/C18H22N4O4/c1-21(2)15(16-4-3-10-25-16)12-19-17(23)20-13-5-7-14(8-6-13)22-9-11-26-18(22)24/h3-8,10,15H,9,11-12H2,1-2H3,(H2,19,20,23). The zero-order valence-electron chi connectivity index (χ0n) is 14.8. The van der Waals surface area contributed by atoms with Gasteiger partial charge in [0, 0.05) is 17.9 Å². The largest absolute Gasteiger partial charge is 0.468 e. The summed E-state index contributed by atoms with van der Waals surface area (Å²) in [5, 5.41) is 5.62. The molecule has 1 fully saturated rings. The summed E-state index contributed by atoms with van der Waals surface area (Å²) < 4.78 is 10.3. The van der Waals surface area contributed by atoms with Gasteiger partial charge in [-0.3, -0.25) is 9.80 Å². The monoisotopic (exact) mass is 358 g/mol. The fourth-order valence-corrected chi connectivity index (χ4v) is 2.74. The Bertz CT molecular complexity index is 743. The number of carbonyl (C=O) groups excluding carboxylic acids is 2. The Balaban J connectivity index is 1.53. The third-order valence-corrected chi connectivity index (χ3v) is 4.15. The van der Waals surface area contributed by atoms with E-state index in [0.29, 0.717) is 25.4 Å². The minimum atomic E-state index is -0.351. The molecule has 1 saturated heterocycles. The van der Waals surface area contributed by atoms with Gasteiger partial charge in [0.15, 0.2) is 0 Å². The van der Waals surface area contributed by atoms with Crippen molar-refractivity contribution in [2.45, 2.75) is 6.04 Å². The summed E-state index contributed by atoms with van der Waals surface area (Å²) in [5.74, 6) is 0.789. The van der Waals surface area contributed by atoms with Crippen molar-refractivity contribution in [2.24, 2.45) is 0 Å². The summed E-state index contributed by atoms with van der Waals surface area (Å²) in [6.07, 6.45) is 1.26. The average Bonchev–Trinajstić information content (AvgIpc) is 3.27. The second-order valence-electron chi connectivity index (χ2n) is 6.14. The minimum absolute atomic E-state index is 0.0562. The van der Waals surface area contributed by atoms with E-state index in [0.717, 1.165) is 11.4 Å². The molecule has 26 heavy (non-hydrogen) atoms. The summed E-state index contributed by atoms with van der Waals surface area (Å²) in [4.78, 5) is 27.2. The molecule has 2 heterocycles. The Labute approximate surface area is 151 Å². The van der Waals surface area contributed by atoms with Gasteiger partial charge < -0.3 is 19.8 Å². The van der Waals surface area contributed by atoms with E-state index >= 15 is 0 Å². The number of hydrogen-bond donors (Lipinski definition) is 2. The molecule has 0 saturated carbocycles. The topological polar surface area (TPSA) is 87.0 Å².